The number of amides is 1. The zero-order valence-electron chi connectivity index (χ0n) is 10.7. The van der Waals surface area contributed by atoms with E-state index in [2.05, 4.69) is 25.7 Å². The molecule has 0 saturated heterocycles. The number of nitrogens with zero attached hydrogens (tertiary/aromatic N) is 4. The van der Waals surface area contributed by atoms with Gasteiger partial charge in [-0.25, -0.2) is 0 Å². The molecule has 9 heteroatoms. The first-order chi connectivity index (χ1) is 9.04. The van der Waals surface area contributed by atoms with E-state index >= 15 is 0 Å². The molecular weight excluding hydrogens is 286 g/mol. The van der Waals surface area contributed by atoms with Crippen molar-refractivity contribution in [2.45, 2.75) is 31.9 Å². The molecule has 2 rings (SSSR count). The van der Waals surface area contributed by atoms with Crippen molar-refractivity contribution in [3.63, 3.8) is 0 Å². The summed E-state index contributed by atoms with van der Waals surface area (Å²) >= 11 is 2.57. The molecule has 0 unspecified atom stereocenters. The van der Waals surface area contributed by atoms with Crippen LogP contribution in [-0.2, 0) is 4.79 Å². The molecule has 0 aliphatic rings. The predicted molar refractivity (Wildman–Crippen MR) is 72.4 cm³/mol. The zero-order valence-corrected chi connectivity index (χ0v) is 12.3. The third-order valence-electron chi connectivity index (χ3n) is 2.02. The Labute approximate surface area is 118 Å². The van der Waals surface area contributed by atoms with Crippen LogP contribution in [0.4, 0.5) is 5.13 Å². The quantitative estimate of drug-likeness (QED) is 0.845. The Morgan fingerprint density at radius 2 is 2.16 bits per heavy atom. The van der Waals surface area contributed by atoms with Gasteiger partial charge in [-0.3, -0.25) is 10.1 Å². The molecule has 19 heavy (non-hydrogen) atoms. The number of aromatic nitrogens is 4. The number of nitrogens with one attached hydrogen (secondary N) is 1. The van der Waals surface area contributed by atoms with E-state index in [9.17, 15) is 4.79 Å². The van der Waals surface area contributed by atoms with E-state index in [0.29, 0.717) is 22.2 Å². The number of aryl methyl sites for hydroxylation is 1. The summed E-state index contributed by atoms with van der Waals surface area (Å²) in [4.78, 5) is 11.7. The van der Waals surface area contributed by atoms with Gasteiger partial charge in [0.2, 0.25) is 16.9 Å². The van der Waals surface area contributed by atoms with E-state index in [1.165, 1.54) is 23.1 Å². The Morgan fingerprint density at radius 3 is 2.74 bits per heavy atom. The van der Waals surface area contributed by atoms with Gasteiger partial charge < -0.3 is 4.42 Å². The average Bonchev–Trinajstić information content (AvgIpc) is 2.96. The van der Waals surface area contributed by atoms with Crippen molar-refractivity contribution in [3.05, 3.63) is 10.9 Å². The first kappa shape index (κ1) is 13.9. The summed E-state index contributed by atoms with van der Waals surface area (Å²) in [5, 5.41) is 19.9. The molecule has 0 fully saturated rings. The summed E-state index contributed by atoms with van der Waals surface area (Å²) in [6.07, 6.45) is 0. The van der Waals surface area contributed by atoms with Crippen LogP contribution in [0.5, 0.6) is 0 Å². The first-order valence-corrected chi connectivity index (χ1v) is 7.41. The third kappa shape index (κ3) is 4.00. The number of carbonyl (C=O) groups excluding carboxylic acids is 1. The summed E-state index contributed by atoms with van der Waals surface area (Å²) in [5.41, 5.74) is 0. The number of hydrogen-bond donors (Lipinski definition) is 1. The highest BCUT2D eigenvalue weighted by Gasteiger charge is 2.12. The fourth-order valence-corrected chi connectivity index (χ4v) is 2.50. The van der Waals surface area contributed by atoms with Gasteiger partial charge in [-0.2, -0.15) is 0 Å². The normalized spacial score (nSPS) is 10.9. The standard InChI is InChI=1S/C10H13N5O2S2/c1-5(2)8-13-14-9(19-8)11-7(16)4-18-10-15-12-6(3)17-10/h5H,4H2,1-3H3,(H,11,14,16). The number of carbonyl (C=O) groups is 1. The summed E-state index contributed by atoms with van der Waals surface area (Å²) in [5.74, 6) is 0.804. The van der Waals surface area contributed by atoms with Gasteiger partial charge in [0, 0.05) is 12.8 Å². The first-order valence-electron chi connectivity index (χ1n) is 5.60. The number of rotatable bonds is 5. The molecule has 2 aromatic heterocycles. The molecule has 7 nitrogen and oxygen atoms in total. The summed E-state index contributed by atoms with van der Waals surface area (Å²) in [6.45, 7) is 5.76. The Balaban J connectivity index is 1.83. The van der Waals surface area contributed by atoms with Crippen molar-refractivity contribution in [2.24, 2.45) is 0 Å². The van der Waals surface area contributed by atoms with E-state index in [1.54, 1.807) is 6.92 Å². The summed E-state index contributed by atoms with van der Waals surface area (Å²) in [6, 6.07) is 0. The molecule has 1 N–H and O–H groups in total. The third-order valence-corrected chi connectivity index (χ3v) is 3.97. The molecule has 2 heterocycles. The minimum Gasteiger partial charge on any atom is -0.416 e. The maximum atomic E-state index is 11.7. The lowest BCUT2D eigenvalue weighted by molar-refractivity contribution is -0.113. The van der Waals surface area contributed by atoms with Crippen molar-refractivity contribution >= 4 is 34.1 Å². The van der Waals surface area contributed by atoms with Gasteiger partial charge in [0.05, 0.1) is 5.75 Å². The second-order valence-electron chi connectivity index (χ2n) is 4.02. The highest BCUT2D eigenvalue weighted by Crippen LogP contribution is 2.23. The Morgan fingerprint density at radius 1 is 1.37 bits per heavy atom. The van der Waals surface area contributed by atoms with Gasteiger partial charge in [-0.05, 0) is 0 Å². The average molecular weight is 299 g/mol. The van der Waals surface area contributed by atoms with Crippen LogP contribution < -0.4 is 5.32 Å². The Hall–Kier alpha value is -1.48. The van der Waals surface area contributed by atoms with Crippen LogP contribution in [0, 0.1) is 6.92 Å². The molecule has 0 saturated carbocycles. The van der Waals surface area contributed by atoms with E-state index < -0.39 is 0 Å². The second-order valence-corrected chi connectivity index (χ2v) is 5.96. The topological polar surface area (TPSA) is 93.8 Å². The maximum absolute atomic E-state index is 11.7. The number of thioether (sulfide) groups is 1. The summed E-state index contributed by atoms with van der Waals surface area (Å²) < 4.78 is 5.16. The molecule has 102 valence electrons. The van der Waals surface area contributed by atoms with Crippen molar-refractivity contribution in [1.29, 1.82) is 0 Å². The lowest BCUT2D eigenvalue weighted by atomic mass is 10.2. The highest BCUT2D eigenvalue weighted by atomic mass is 32.2. The molecule has 0 radical (unpaired) electrons. The van der Waals surface area contributed by atoms with E-state index in [4.69, 9.17) is 4.42 Å². The minimum absolute atomic E-state index is 0.174. The molecule has 2 aromatic rings. The van der Waals surface area contributed by atoms with Crippen LogP contribution in [0.1, 0.15) is 30.7 Å². The van der Waals surface area contributed by atoms with E-state index in [1.807, 2.05) is 13.8 Å². The Bertz CT molecular complexity index is 566. The van der Waals surface area contributed by atoms with E-state index in [0.717, 1.165) is 5.01 Å². The monoisotopic (exact) mass is 299 g/mol. The van der Waals surface area contributed by atoms with Gasteiger partial charge in [0.15, 0.2) is 0 Å². The number of hydrogen-bond acceptors (Lipinski definition) is 8. The predicted octanol–water partition coefficient (Wildman–Crippen LogP) is 2.08. The van der Waals surface area contributed by atoms with Crippen molar-refractivity contribution in [3.8, 4) is 0 Å². The lowest BCUT2D eigenvalue weighted by Crippen LogP contribution is -2.13. The van der Waals surface area contributed by atoms with Crippen LogP contribution in [-0.4, -0.2) is 32.1 Å². The lowest BCUT2D eigenvalue weighted by Gasteiger charge is -1.98. The summed E-state index contributed by atoms with van der Waals surface area (Å²) in [7, 11) is 0. The van der Waals surface area contributed by atoms with Gasteiger partial charge in [0.1, 0.15) is 5.01 Å². The van der Waals surface area contributed by atoms with Gasteiger partial charge >= 0.3 is 0 Å². The molecule has 1 amide bonds. The highest BCUT2D eigenvalue weighted by molar-refractivity contribution is 7.99. The zero-order chi connectivity index (χ0) is 13.8. The van der Waals surface area contributed by atoms with Crippen LogP contribution in [0.3, 0.4) is 0 Å². The van der Waals surface area contributed by atoms with Crippen molar-refractivity contribution in [2.75, 3.05) is 11.1 Å². The minimum atomic E-state index is -0.174. The Kier molecular flexibility index (Phi) is 4.48. The maximum Gasteiger partial charge on any atom is 0.277 e. The van der Waals surface area contributed by atoms with Crippen LogP contribution in [0.25, 0.3) is 0 Å². The number of anilines is 1. The smallest absolute Gasteiger partial charge is 0.277 e. The fraction of sp³-hybridized carbons (Fsp3) is 0.500. The van der Waals surface area contributed by atoms with Gasteiger partial charge in [-0.1, -0.05) is 36.9 Å². The largest absolute Gasteiger partial charge is 0.416 e. The van der Waals surface area contributed by atoms with Crippen molar-refractivity contribution in [1.82, 2.24) is 20.4 Å². The SMILES string of the molecule is Cc1nnc(SCC(=O)Nc2nnc(C(C)C)s2)o1. The van der Waals surface area contributed by atoms with Gasteiger partial charge in [-0.15, -0.1) is 20.4 Å². The molecule has 0 atom stereocenters. The van der Waals surface area contributed by atoms with Crippen LogP contribution in [0.2, 0.25) is 0 Å². The molecule has 0 bridgehead atoms. The molecule has 0 aliphatic heterocycles. The molecular formula is C10H13N5O2S2. The van der Waals surface area contributed by atoms with Crippen LogP contribution >= 0.6 is 23.1 Å². The van der Waals surface area contributed by atoms with Crippen molar-refractivity contribution < 1.29 is 9.21 Å². The van der Waals surface area contributed by atoms with Gasteiger partial charge in [0.25, 0.3) is 5.22 Å². The molecule has 0 aromatic carbocycles. The molecule has 0 spiro atoms. The fourth-order valence-electron chi connectivity index (χ4n) is 1.14. The molecule has 0 aliphatic carbocycles. The van der Waals surface area contributed by atoms with E-state index in [-0.39, 0.29) is 11.7 Å². The van der Waals surface area contributed by atoms with Crippen LogP contribution in [0.15, 0.2) is 9.64 Å². The second kappa shape index (κ2) is 6.11.